The van der Waals surface area contributed by atoms with Crippen LogP contribution in [-0.2, 0) is 6.54 Å². The Morgan fingerprint density at radius 1 is 1.35 bits per heavy atom. The van der Waals surface area contributed by atoms with Crippen LogP contribution in [-0.4, -0.2) is 14.7 Å². The number of alkyl halides is 1. The molecule has 102 valence electrons. The third-order valence-corrected chi connectivity index (χ3v) is 3.25. The average Bonchev–Trinajstić information content (AvgIpc) is 2.94. The zero-order valence-electron chi connectivity index (χ0n) is 10.8. The highest BCUT2D eigenvalue weighted by molar-refractivity contribution is 6.20. The second-order valence-electron chi connectivity index (χ2n) is 4.47. The van der Waals surface area contributed by atoms with Gasteiger partial charge in [0, 0.05) is 6.07 Å². The lowest BCUT2D eigenvalue weighted by molar-refractivity contribution is 0.373. The van der Waals surface area contributed by atoms with Crippen LogP contribution in [0.15, 0.2) is 45.8 Å². The van der Waals surface area contributed by atoms with Crippen molar-refractivity contribution in [3.8, 4) is 0 Å². The van der Waals surface area contributed by atoms with Crippen molar-refractivity contribution >= 4 is 22.5 Å². The van der Waals surface area contributed by atoms with E-state index in [4.69, 9.17) is 16.1 Å². The molecule has 0 aliphatic carbocycles. The van der Waals surface area contributed by atoms with Crippen LogP contribution >= 0.6 is 11.6 Å². The van der Waals surface area contributed by atoms with E-state index in [1.54, 1.807) is 31.3 Å². The standard InChI is InChI=1S/C14H12ClN3O2/c1-9(15)13-17-12-5-3-2-4-11(12)14(19)18(13)8-10-6-7-16-20-10/h2-7,9H,8H2,1H3. The first-order chi connectivity index (χ1) is 9.66. The van der Waals surface area contributed by atoms with E-state index in [9.17, 15) is 4.79 Å². The third kappa shape index (κ3) is 2.20. The molecule has 0 spiro atoms. The van der Waals surface area contributed by atoms with Gasteiger partial charge in [-0.25, -0.2) is 4.98 Å². The largest absolute Gasteiger partial charge is 0.359 e. The van der Waals surface area contributed by atoms with Gasteiger partial charge in [-0.15, -0.1) is 11.6 Å². The molecule has 0 amide bonds. The summed E-state index contributed by atoms with van der Waals surface area (Å²) in [7, 11) is 0. The Morgan fingerprint density at radius 3 is 2.85 bits per heavy atom. The normalized spacial score (nSPS) is 12.7. The summed E-state index contributed by atoms with van der Waals surface area (Å²) >= 11 is 6.15. The number of para-hydroxylation sites is 1. The molecule has 3 aromatic rings. The van der Waals surface area contributed by atoms with E-state index in [0.29, 0.717) is 22.5 Å². The maximum absolute atomic E-state index is 12.6. The van der Waals surface area contributed by atoms with Gasteiger partial charge in [-0.05, 0) is 19.1 Å². The smallest absolute Gasteiger partial charge is 0.261 e. The molecule has 2 heterocycles. The van der Waals surface area contributed by atoms with E-state index in [1.165, 1.54) is 4.57 Å². The number of hydrogen-bond donors (Lipinski definition) is 0. The zero-order chi connectivity index (χ0) is 14.1. The Morgan fingerprint density at radius 2 is 2.15 bits per heavy atom. The molecule has 1 atom stereocenters. The molecule has 1 unspecified atom stereocenters. The molecule has 1 aromatic carbocycles. The maximum Gasteiger partial charge on any atom is 0.261 e. The first-order valence-corrected chi connectivity index (χ1v) is 6.63. The minimum absolute atomic E-state index is 0.130. The molecule has 2 aromatic heterocycles. The van der Waals surface area contributed by atoms with Crippen LogP contribution in [0.25, 0.3) is 10.9 Å². The molecule has 0 saturated carbocycles. The highest BCUT2D eigenvalue weighted by atomic mass is 35.5. The number of nitrogens with zero attached hydrogens (tertiary/aromatic N) is 3. The number of fused-ring (bicyclic) bond motifs is 1. The minimum atomic E-state index is -0.379. The Kier molecular flexibility index (Phi) is 3.28. The van der Waals surface area contributed by atoms with Gasteiger partial charge in [0.25, 0.3) is 5.56 Å². The van der Waals surface area contributed by atoms with Crippen molar-refractivity contribution in [1.29, 1.82) is 0 Å². The number of benzene rings is 1. The molecular weight excluding hydrogens is 278 g/mol. The van der Waals surface area contributed by atoms with E-state index < -0.39 is 0 Å². The Hall–Kier alpha value is -2.14. The van der Waals surface area contributed by atoms with Crippen LogP contribution in [0.5, 0.6) is 0 Å². The molecule has 0 fully saturated rings. The molecule has 0 N–H and O–H groups in total. The van der Waals surface area contributed by atoms with E-state index >= 15 is 0 Å². The van der Waals surface area contributed by atoms with Gasteiger partial charge in [0.05, 0.1) is 29.0 Å². The lowest BCUT2D eigenvalue weighted by Gasteiger charge is -2.13. The summed E-state index contributed by atoms with van der Waals surface area (Å²) in [5.74, 6) is 1.11. The Bertz CT molecular complexity index is 794. The molecule has 3 rings (SSSR count). The van der Waals surface area contributed by atoms with Crippen molar-refractivity contribution in [2.24, 2.45) is 0 Å². The highest BCUT2D eigenvalue weighted by Gasteiger charge is 2.15. The lowest BCUT2D eigenvalue weighted by atomic mass is 10.2. The molecule has 20 heavy (non-hydrogen) atoms. The number of hydrogen-bond acceptors (Lipinski definition) is 4. The van der Waals surface area contributed by atoms with Crippen LogP contribution in [0.4, 0.5) is 0 Å². The average molecular weight is 290 g/mol. The molecule has 5 nitrogen and oxygen atoms in total. The molecule has 0 aliphatic rings. The predicted octanol–water partition coefficient (Wildman–Crippen LogP) is 2.73. The van der Waals surface area contributed by atoms with Gasteiger partial charge in [0.1, 0.15) is 5.82 Å². The van der Waals surface area contributed by atoms with Gasteiger partial charge in [-0.1, -0.05) is 17.3 Å². The molecule has 0 aliphatic heterocycles. The quantitative estimate of drug-likeness (QED) is 0.696. The summed E-state index contributed by atoms with van der Waals surface area (Å²) in [6, 6.07) is 8.93. The van der Waals surface area contributed by atoms with Crippen molar-refractivity contribution in [3.63, 3.8) is 0 Å². The summed E-state index contributed by atoms with van der Waals surface area (Å²) in [4.78, 5) is 17.1. The van der Waals surface area contributed by atoms with Crippen LogP contribution in [0.2, 0.25) is 0 Å². The van der Waals surface area contributed by atoms with Gasteiger partial charge in [0.2, 0.25) is 0 Å². The second kappa shape index (κ2) is 5.09. The summed E-state index contributed by atoms with van der Waals surface area (Å²) in [6.07, 6.45) is 1.54. The second-order valence-corrected chi connectivity index (χ2v) is 5.13. The van der Waals surface area contributed by atoms with E-state index in [2.05, 4.69) is 10.1 Å². The number of halogens is 1. The van der Waals surface area contributed by atoms with Crippen molar-refractivity contribution in [3.05, 3.63) is 58.5 Å². The van der Waals surface area contributed by atoms with E-state index in [-0.39, 0.29) is 17.5 Å². The Balaban J connectivity index is 2.24. The maximum atomic E-state index is 12.6. The van der Waals surface area contributed by atoms with Crippen LogP contribution < -0.4 is 5.56 Å². The number of rotatable bonds is 3. The molecule has 0 saturated heterocycles. The third-order valence-electron chi connectivity index (χ3n) is 3.05. The first-order valence-electron chi connectivity index (χ1n) is 6.20. The van der Waals surface area contributed by atoms with Gasteiger partial charge in [0.15, 0.2) is 5.76 Å². The minimum Gasteiger partial charge on any atom is -0.359 e. The van der Waals surface area contributed by atoms with Crippen molar-refractivity contribution in [1.82, 2.24) is 14.7 Å². The highest BCUT2D eigenvalue weighted by Crippen LogP contribution is 2.19. The van der Waals surface area contributed by atoms with E-state index in [0.717, 1.165) is 0 Å². The van der Waals surface area contributed by atoms with Gasteiger partial charge < -0.3 is 4.52 Å². The fourth-order valence-electron chi connectivity index (χ4n) is 2.12. The summed E-state index contributed by atoms with van der Waals surface area (Å²) < 4.78 is 6.59. The fraction of sp³-hybridized carbons (Fsp3) is 0.214. The number of aromatic nitrogens is 3. The Labute approximate surface area is 119 Å². The van der Waals surface area contributed by atoms with Crippen molar-refractivity contribution in [2.45, 2.75) is 18.8 Å². The van der Waals surface area contributed by atoms with Crippen LogP contribution in [0, 0.1) is 0 Å². The van der Waals surface area contributed by atoms with Crippen LogP contribution in [0.1, 0.15) is 23.9 Å². The topological polar surface area (TPSA) is 60.9 Å². The molecule has 0 bridgehead atoms. The van der Waals surface area contributed by atoms with Gasteiger partial charge in [-0.3, -0.25) is 9.36 Å². The summed E-state index contributed by atoms with van der Waals surface area (Å²) in [6.45, 7) is 2.05. The van der Waals surface area contributed by atoms with Gasteiger partial charge in [-0.2, -0.15) is 0 Å². The molecule has 6 heteroatoms. The molecular formula is C14H12ClN3O2. The SMILES string of the molecule is CC(Cl)c1nc2ccccc2c(=O)n1Cc1ccno1. The molecule has 0 radical (unpaired) electrons. The summed E-state index contributed by atoms with van der Waals surface area (Å²) in [5.41, 5.74) is 0.517. The van der Waals surface area contributed by atoms with Crippen molar-refractivity contribution in [2.75, 3.05) is 0 Å². The van der Waals surface area contributed by atoms with E-state index in [1.807, 2.05) is 12.1 Å². The monoisotopic (exact) mass is 289 g/mol. The lowest BCUT2D eigenvalue weighted by Crippen LogP contribution is -2.26. The predicted molar refractivity (Wildman–Crippen MR) is 75.9 cm³/mol. The summed E-state index contributed by atoms with van der Waals surface area (Å²) in [5, 5.41) is 3.82. The zero-order valence-corrected chi connectivity index (χ0v) is 11.5. The van der Waals surface area contributed by atoms with Crippen LogP contribution in [0.3, 0.4) is 0 Å². The first kappa shape index (κ1) is 12.9. The fourth-order valence-corrected chi connectivity index (χ4v) is 2.29. The van der Waals surface area contributed by atoms with Gasteiger partial charge >= 0.3 is 0 Å². The van der Waals surface area contributed by atoms with Crippen molar-refractivity contribution < 1.29 is 4.52 Å².